The smallest absolute Gasteiger partial charge is 0.261 e. The zero-order valence-electron chi connectivity index (χ0n) is 18.0. The van der Waals surface area contributed by atoms with Crippen LogP contribution >= 0.6 is 0 Å². The fourth-order valence-corrected chi connectivity index (χ4v) is 4.34. The molecule has 0 aromatic heterocycles. The van der Waals surface area contributed by atoms with Crippen molar-refractivity contribution < 1.29 is 14.4 Å². The van der Waals surface area contributed by atoms with Crippen molar-refractivity contribution in [3.63, 3.8) is 0 Å². The van der Waals surface area contributed by atoms with Gasteiger partial charge in [0.1, 0.15) is 5.92 Å². The van der Waals surface area contributed by atoms with Gasteiger partial charge < -0.3 is 4.90 Å². The normalized spacial score (nSPS) is 23.3. The maximum absolute atomic E-state index is 13.3. The Morgan fingerprint density at radius 2 is 1.70 bits per heavy atom. The zero-order chi connectivity index (χ0) is 21.4. The lowest BCUT2D eigenvalue weighted by atomic mass is 9.90. The molecule has 0 saturated carbocycles. The molecule has 2 amide bonds. The number of aryl methyl sites for hydroxylation is 1. The lowest BCUT2D eigenvalue weighted by Crippen LogP contribution is -2.38. The fraction of sp³-hybridized carbons (Fsp3) is 0.417. The lowest BCUT2D eigenvalue weighted by molar-refractivity contribution is -0.143. The first-order valence-corrected chi connectivity index (χ1v) is 10.6. The second-order valence-electron chi connectivity index (χ2n) is 8.28. The third-order valence-corrected chi connectivity index (χ3v) is 6.05. The molecule has 2 aromatic rings. The molecule has 6 nitrogen and oxygen atoms in total. The Labute approximate surface area is 178 Å². The quantitative estimate of drug-likeness (QED) is 0.684. The number of amides is 2. The molecule has 4 rings (SSSR count). The molecule has 2 heterocycles. The van der Waals surface area contributed by atoms with Crippen LogP contribution in [-0.2, 0) is 14.4 Å². The molecule has 0 radical (unpaired) electrons. The van der Waals surface area contributed by atoms with Crippen LogP contribution in [-0.4, -0.2) is 43.5 Å². The Balaban J connectivity index is 1.75. The molecule has 2 aliphatic rings. The van der Waals surface area contributed by atoms with Gasteiger partial charge in [-0.05, 0) is 42.7 Å². The van der Waals surface area contributed by atoms with Crippen LogP contribution in [0.15, 0.2) is 48.5 Å². The highest BCUT2D eigenvalue weighted by Gasteiger charge is 2.59. The van der Waals surface area contributed by atoms with E-state index >= 15 is 0 Å². The molecule has 0 spiro atoms. The van der Waals surface area contributed by atoms with Crippen molar-refractivity contribution in [3.8, 4) is 0 Å². The Bertz CT molecular complexity index is 941. The predicted molar refractivity (Wildman–Crippen MR) is 117 cm³/mol. The minimum atomic E-state index is -0.771. The van der Waals surface area contributed by atoms with Crippen LogP contribution in [0.4, 0.5) is 11.4 Å². The van der Waals surface area contributed by atoms with Gasteiger partial charge in [-0.15, -0.1) is 0 Å². The first kappa shape index (κ1) is 20.4. The summed E-state index contributed by atoms with van der Waals surface area (Å²) in [6.45, 7) is 4.52. The Kier molecular flexibility index (Phi) is 5.52. The van der Waals surface area contributed by atoms with Gasteiger partial charge in [0.2, 0.25) is 5.91 Å². The van der Waals surface area contributed by atoms with E-state index in [4.69, 9.17) is 4.84 Å². The van der Waals surface area contributed by atoms with Crippen LogP contribution in [0, 0.1) is 12.8 Å². The number of hydrogen-bond acceptors (Lipinski definition) is 5. The van der Waals surface area contributed by atoms with Crippen LogP contribution in [0.2, 0.25) is 0 Å². The number of carbonyl (C=O) groups excluding carboxylic acids is 2. The number of nitrogens with zero attached hydrogens (tertiary/aromatic N) is 3. The van der Waals surface area contributed by atoms with E-state index in [1.165, 1.54) is 4.90 Å². The van der Waals surface area contributed by atoms with Crippen LogP contribution in [0.5, 0.6) is 0 Å². The summed E-state index contributed by atoms with van der Waals surface area (Å²) in [7, 11) is 3.99. The second kappa shape index (κ2) is 8.11. The number of anilines is 2. The molecule has 30 heavy (non-hydrogen) atoms. The van der Waals surface area contributed by atoms with Gasteiger partial charge in [-0.25, -0.2) is 5.06 Å². The number of fused-ring (bicyclic) bond motifs is 1. The highest BCUT2D eigenvalue weighted by atomic mass is 16.7. The highest BCUT2D eigenvalue weighted by molar-refractivity contribution is 6.07. The van der Waals surface area contributed by atoms with E-state index in [-0.39, 0.29) is 17.9 Å². The molecule has 3 atom stereocenters. The van der Waals surface area contributed by atoms with E-state index in [9.17, 15) is 9.59 Å². The Morgan fingerprint density at radius 1 is 1.00 bits per heavy atom. The third-order valence-electron chi connectivity index (χ3n) is 6.05. The van der Waals surface area contributed by atoms with Crippen molar-refractivity contribution in [2.24, 2.45) is 5.92 Å². The second-order valence-corrected chi connectivity index (χ2v) is 8.28. The van der Waals surface area contributed by atoms with Crippen LogP contribution in [0.3, 0.4) is 0 Å². The summed E-state index contributed by atoms with van der Waals surface area (Å²) in [6, 6.07) is 15.7. The van der Waals surface area contributed by atoms with Gasteiger partial charge in [0.15, 0.2) is 6.10 Å². The summed E-state index contributed by atoms with van der Waals surface area (Å²) in [5.41, 5.74) is 3.97. The van der Waals surface area contributed by atoms with Crippen molar-refractivity contribution in [2.75, 3.05) is 30.6 Å². The molecule has 158 valence electrons. The lowest BCUT2D eigenvalue weighted by Gasteiger charge is -2.30. The van der Waals surface area contributed by atoms with Crippen molar-refractivity contribution in [1.82, 2.24) is 4.90 Å². The van der Waals surface area contributed by atoms with E-state index < -0.39 is 12.0 Å². The minimum Gasteiger partial charge on any atom is -0.378 e. The summed E-state index contributed by atoms with van der Waals surface area (Å²) in [6.07, 6.45) is 0.964. The van der Waals surface area contributed by atoms with Crippen molar-refractivity contribution in [1.29, 1.82) is 0 Å². The summed E-state index contributed by atoms with van der Waals surface area (Å²) < 4.78 is 0. The van der Waals surface area contributed by atoms with E-state index in [0.717, 1.165) is 35.3 Å². The zero-order valence-corrected chi connectivity index (χ0v) is 18.0. The molecule has 2 aliphatic heterocycles. The van der Waals surface area contributed by atoms with Crippen LogP contribution in [0.25, 0.3) is 0 Å². The molecule has 0 N–H and O–H groups in total. The van der Waals surface area contributed by atoms with E-state index in [2.05, 4.69) is 6.92 Å². The van der Waals surface area contributed by atoms with Gasteiger partial charge in [-0.1, -0.05) is 43.7 Å². The topological polar surface area (TPSA) is 53.1 Å². The summed E-state index contributed by atoms with van der Waals surface area (Å²) in [4.78, 5) is 36.0. The van der Waals surface area contributed by atoms with Gasteiger partial charge >= 0.3 is 0 Å². The van der Waals surface area contributed by atoms with Gasteiger partial charge in [-0.3, -0.25) is 19.3 Å². The van der Waals surface area contributed by atoms with Crippen LogP contribution < -0.4 is 9.96 Å². The van der Waals surface area contributed by atoms with Crippen molar-refractivity contribution in [3.05, 3.63) is 59.7 Å². The van der Waals surface area contributed by atoms with Gasteiger partial charge in [0.25, 0.3) is 5.91 Å². The number of benzene rings is 2. The number of imide groups is 1. The Morgan fingerprint density at radius 3 is 2.33 bits per heavy atom. The molecular formula is C24H29N3O3. The first-order chi connectivity index (χ1) is 14.4. The molecule has 2 fully saturated rings. The SMILES string of the molecule is CCCCN1C(=O)[C@@H]2[C@@H](c3ccc(N(C)C)cc3)N(c3ccccc3C)O[C@H]2C1=O. The highest BCUT2D eigenvalue weighted by Crippen LogP contribution is 2.47. The predicted octanol–water partition coefficient (Wildman–Crippen LogP) is 3.71. The molecule has 6 heteroatoms. The largest absolute Gasteiger partial charge is 0.378 e. The monoisotopic (exact) mass is 407 g/mol. The average molecular weight is 408 g/mol. The number of rotatable bonds is 6. The number of hydroxylamine groups is 1. The molecule has 0 bridgehead atoms. The number of carbonyl (C=O) groups is 2. The van der Waals surface area contributed by atoms with E-state index in [1.807, 2.05) is 74.4 Å². The van der Waals surface area contributed by atoms with Crippen molar-refractivity contribution in [2.45, 2.75) is 38.8 Å². The molecule has 2 aromatic carbocycles. The number of hydrogen-bond donors (Lipinski definition) is 0. The summed E-state index contributed by atoms with van der Waals surface area (Å²) in [5, 5.41) is 1.78. The maximum Gasteiger partial charge on any atom is 0.261 e. The van der Waals surface area contributed by atoms with E-state index in [1.54, 1.807) is 5.06 Å². The fourth-order valence-electron chi connectivity index (χ4n) is 4.34. The number of para-hydroxylation sites is 1. The number of unbranched alkanes of at least 4 members (excludes halogenated alkanes) is 1. The molecule has 0 aliphatic carbocycles. The summed E-state index contributed by atoms with van der Waals surface area (Å²) >= 11 is 0. The van der Waals surface area contributed by atoms with Crippen LogP contribution in [0.1, 0.15) is 36.9 Å². The van der Waals surface area contributed by atoms with Crippen molar-refractivity contribution >= 4 is 23.2 Å². The summed E-state index contributed by atoms with van der Waals surface area (Å²) in [5.74, 6) is -0.889. The standard InChI is InChI=1S/C24H29N3O3/c1-5-6-15-26-23(28)20-21(17-11-13-18(14-12-17)25(3)4)27(30-22(20)24(26)29)19-10-8-7-9-16(19)2/h7-14,20-22H,5-6,15H2,1-4H3/t20-,21-,22-/m1/s1. The van der Waals surface area contributed by atoms with Gasteiger partial charge in [-0.2, -0.15) is 0 Å². The third kappa shape index (κ3) is 3.35. The molecule has 2 saturated heterocycles. The average Bonchev–Trinajstić information content (AvgIpc) is 3.23. The molecule has 0 unspecified atom stereocenters. The molecular weight excluding hydrogens is 378 g/mol. The maximum atomic E-state index is 13.3. The minimum absolute atomic E-state index is 0.128. The van der Waals surface area contributed by atoms with Gasteiger partial charge in [0.05, 0.1) is 11.7 Å². The first-order valence-electron chi connectivity index (χ1n) is 10.6. The van der Waals surface area contributed by atoms with Gasteiger partial charge in [0, 0.05) is 26.3 Å². The number of likely N-dealkylation sites (tertiary alicyclic amines) is 1. The van der Waals surface area contributed by atoms with E-state index in [0.29, 0.717) is 6.54 Å². The Hall–Kier alpha value is -2.86.